The Balaban J connectivity index is 1.96. The van der Waals surface area contributed by atoms with Crippen LogP contribution in [0.1, 0.15) is 17.0 Å². The lowest BCUT2D eigenvalue weighted by atomic mass is 10.1. The van der Waals surface area contributed by atoms with E-state index in [0.29, 0.717) is 0 Å². The molecule has 2 rings (SSSR count). The van der Waals surface area contributed by atoms with Gasteiger partial charge in [0, 0.05) is 32.5 Å². The van der Waals surface area contributed by atoms with Gasteiger partial charge in [0.2, 0.25) is 0 Å². The predicted octanol–water partition coefficient (Wildman–Crippen LogP) is 1.77. The molecule has 0 amide bonds. The molecule has 2 aromatic rings. The van der Waals surface area contributed by atoms with Crippen LogP contribution in [0.15, 0.2) is 36.7 Å². The summed E-state index contributed by atoms with van der Waals surface area (Å²) in [5.41, 5.74) is 2.66. The largest absolute Gasteiger partial charge is 0.337 e. The lowest BCUT2D eigenvalue weighted by molar-refractivity contribution is 0.307. The maximum Gasteiger partial charge on any atom is 0.122 e. The van der Waals surface area contributed by atoms with Gasteiger partial charge in [0.1, 0.15) is 5.82 Å². The Bertz CT molecular complexity index is 518. The molecular weight excluding hydrogens is 236 g/mol. The molecule has 0 spiro atoms. The van der Waals surface area contributed by atoms with E-state index >= 15 is 0 Å². The first-order valence-corrected chi connectivity index (χ1v) is 6.56. The fourth-order valence-corrected chi connectivity index (χ4v) is 2.20. The van der Waals surface area contributed by atoms with Crippen molar-refractivity contribution >= 4 is 0 Å². The topological polar surface area (TPSA) is 33.1 Å². The smallest absolute Gasteiger partial charge is 0.122 e. The van der Waals surface area contributed by atoms with Gasteiger partial charge in [-0.25, -0.2) is 4.98 Å². The molecular formula is C15H22N4. The van der Waals surface area contributed by atoms with Crippen molar-refractivity contribution in [3.63, 3.8) is 0 Å². The van der Waals surface area contributed by atoms with Crippen molar-refractivity contribution in [2.45, 2.75) is 19.6 Å². The average molecular weight is 258 g/mol. The van der Waals surface area contributed by atoms with Crippen molar-refractivity contribution in [1.82, 2.24) is 19.8 Å². The van der Waals surface area contributed by atoms with Crippen molar-refractivity contribution in [3.8, 4) is 0 Å². The fraction of sp³-hybridized carbons (Fsp3) is 0.400. The number of nitrogens with one attached hydrogen (secondary N) is 1. The molecule has 4 nitrogen and oxygen atoms in total. The van der Waals surface area contributed by atoms with E-state index in [0.717, 1.165) is 25.5 Å². The van der Waals surface area contributed by atoms with E-state index in [1.165, 1.54) is 11.1 Å². The maximum absolute atomic E-state index is 4.36. The third-order valence-corrected chi connectivity index (χ3v) is 3.16. The second-order valence-corrected chi connectivity index (χ2v) is 4.98. The summed E-state index contributed by atoms with van der Waals surface area (Å²) in [6, 6.07) is 8.70. The lowest BCUT2D eigenvalue weighted by Crippen LogP contribution is -2.19. The molecule has 1 aromatic heterocycles. The monoisotopic (exact) mass is 258 g/mol. The number of benzene rings is 1. The van der Waals surface area contributed by atoms with Crippen LogP contribution in [0.2, 0.25) is 0 Å². The van der Waals surface area contributed by atoms with Crippen molar-refractivity contribution in [3.05, 3.63) is 53.6 Å². The minimum Gasteiger partial charge on any atom is -0.337 e. The minimum absolute atomic E-state index is 0.861. The molecule has 0 aliphatic carbocycles. The van der Waals surface area contributed by atoms with Crippen LogP contribution in [0.25, 0.3) is 0 Å². The first-order valence-electron chi connectivity index (χ1n) is 6.56. The summed E-state index contributed by atoms with van der Waals surface area (Å²) in [7, 11) is 6.13. The van der Waals surface area contributed by atoms with Crippen LogP contribution in [0, 0.1) is 0 Å². The molecule has 1 aromatic carbocycles. The molecule has 19 heavy (non-hydrogen) atoms. The zero-order valence-electron chi connectivity index (χ0n) is 11.9. The summed E-state index contributed by atoms with van der Waals surface area (Å²) in [5, 5.41) is 3.18. The number of nitrogens with zero attached hydrogens (tertiary/aromatic N) is 3. The zero-order valence-corrected chi connectivity index (χ0v) is 11.9. The Labute approximate surface area is 115 Å². The molecule has 4 heteroatoms. The summed E-state index contributed by atoms with van der Waals surface area (Å²) in [4.78, 5) is 6.63. The molecule has 0 saturated heterocycles. The summed E-state index contributed by atoms with van der Waals surface area (Å²) >= 11 is 0. The van der Waals surface area contributed by atoms with Gasteiger partial charge in [-0.3, -0.25) is 4.90 Å². The van der Waals surface area contributed by atoms with Gasteiger partial charge in [-0.1, -0.05) is 24.3 Å². The fourth-order valence-electron chi connectivity index (χ4n) is 2.20. The maximum atomic E-state index is 4.36. The number of hydrogen-bond donors (Lipinski definition) is 1. The van der Waals surface area contributed by atoms with Crippen molar-refractivity contribution in [2.75, 3.05) is 14.1 Å². The van der Waals surface area contributed by atoms with Crippen molar-refractivity contribution in [1.29, 1.82) is 0 Å². The van der Waals surface area contributed by atoms with E-state index in [4.69, 9.17) is 0 Å². The quantitative estimate of drug-likeness (QED) is 0.857. The van der Waals surface area contributed by atoms with E-state index in [1.807, 2.05) is 26.5 Å². The van der Waals surface area contributed by atoms with Crippen LogP contribution in [-0.2, 0) is 26.7 Å². The molecule has 0 fully saturated rings. The Hall–Kier alpha value is -1.65. The van der Waals surface area contributed by atoms with E-state index in [-0.39, 0.29) is 0 Å². The van der Waals surface area contributed by atoms with E-state index in [2.05, 4.69) is 51.1 Å². The second-order valence-electron chi connectivity index (χ2n) is 4.98. The Morgan fingerprint density at radius 2 is 2.05 bits per heavy atom. The molecule has 0 bridgehead atoms. The molecule has 0 aliphatic rings. The van der Waals surface area contributed by atoms with Crippen LogP contribution >= 0.6 is 0 Å². The Morgan fingerprint density at radius 3 is 2.74 bits per heavy atom. The van der Waals surface area contributed by atoms with Crippen molar-refractivity contribution in [2.24, 2.45) is 7.05 Å². The molecule has 0 saturated carbocycles. The first kappa shape index (κ1) is 13.8. The highest BCUT2D eigenvalue weighted by Gasteiger charge is 2.05. The molecule has 1 N–H and O–H groups in total. The Morgan fingerprint density at radius 1 is 1.26 bits per heavy atom. The summed E-state index contributed by atoms with van der Waals surface area (Å²) < 4.78 is 2.06. The molecule has 0 atom stereocenters. The predicted molar refractivity (Wildman–Crippen MR) is 77.6 cm³/mol. The number of imidazole rings is 1. The van der Waals surface area contributed by atoms with Crippen LogP contribution in [-0.4, -0.2) is 28.5 Å². The van der Waals surface area contributed by atoms with Crippen LogP contribution < -0.4 is 5.32 Å². The SMILES string of the molecule is CNCc1cccc(CN(C)Cc2nccn2C)c1. The zero-order chi connectivity index (χ0) is 13.7. The number of hydrogen-bond acceptors (Lipinski definition) is 3. The highest BCUT2D eigenvalue weighted by molar-refractivity contribution is 5.23. The highest BCUT2D eigenvalue weighted by atomic mass is 15.1. The summed E-state index contributed by atoms with van der Waals surface area (Å²) in [6.07, 6.45) is 3.83. The van der Waals surface area contributed by atoms with Gasteiger partial charge in [0.05, 0.1) is 6.54 Å². The van der Waals surface area contributed by atoms with E-state index in [9.17, 15) is 0 Å². The van der Waals surface area contributed by atoms with Crippen LogP contribution in [0.5, 0.6) is 0 Å². The van der Waals surface area contributed by atoms with Gasteiger partial charge >= 0.3 is 0 Å². The lowest BCUT2D eigenvalue weighted by Gasteiger charge is -2.17. The number of aromatic nitrogens is 2. The standard InChI is InChI=1S/C15H22N4/c1-16-10-13-5-4-6-14(9-13)11-18(2)12-15-17-7-8-19(15)3/h4-9,16H,10-12H2,1-3H3. The van der Waals surface area contributed by atoms with Crippen LogP contribution in [0.3, 0.4) is 0 Å². The van der Waals surface area contributed by atoms with E-state index in [1.54, 1.807) is 0 Å². The molecule has 1 heterocycles. The first-order chi connectivity index (χ1) is 9.19. The molecule has 102 valence electrons. The second kappa shape index (κ2) is 6.50. The van der Waals surface area contributed by atoms with Crippen molar-refractivity contribution < 1.29 is 0 Å². The molecule has 0 radical (unpaired) electrons. The van der Waals surface area contributed by atoms with Gasteiger partial charge in [-0.05, 0) is 25.2 Å². The van der Waals surface area contributed by atoms with Gasteiger partial charge in [0.15, 0.2) is 0 Å². The highest BCUT2D eigenvalue weighted by Crippen LogP contribution is 2.09. The molecule has 0 aliphatic heterocycles. The van der Waals surface area contributed by atoms with Crippen LogP contribution in [0.4, 0.5) is 0 Å². The van der Waals surface area contributed by atoms with Gasteiger partial charge in [0.25, 0.3) is 0 Å². The number of aryl methyl sites for hydroxylation is 1. The Kier molecular flexibility index (Phi) is 4.71. The third-order valence-electron chi connectivity index (χ3n) is 3.16. The normalized spacial score (nSPS) is 11.2. The summed E-state index contributed by atoms with van der Waals surface area (Å²) in [6.45, 7) is 2.71. The van der Waals surface area contributed by atoms with Gasteiger partial charge in [-0.15, -0.1) is 0 Å². The summed E-state index contributed by atoms with van der Waals surface area (Å²) in [5.74, 6) is 1.09. The third kappa shape index (κ3) is 3.91. The number of rotatable bonds is 6. The average Bonchev–Trinajstić information content (AvgIpc) is 2.76. The van der Waals surface area contributed by atoms with E-state index < -0.39 is 0 Å². The minimum atomic E-state index is 0.861. The molecule has 0 unspecified atom stereocenters. The van der Waals surface area contributed by atoms with Gasteiger partial charge < -0.3 is 9.88 Å². The van der Waals surface area contributed by atoms with Gasteiger partial charge in [-0.2, -0.15) is 0 Å².